The molecule has 9 nitrogen and oxygen atoms in total. The van der Waals surface area contributed by atoms with Crippen molar-refractivity contribution in [1.82, 2.24) is 20.4 Å². The first-order chi connectivity index (χ1) is 15.8. The molecule has 33 heavy (non-hydrogen) atoms. The number of carbonyl (C=O) groups excluding carboxylic acids is 1. The van der Waals surface area contributed by atoms with Crippen molar-refractivity contribution in [2.45, 2.75) is 38.3 Å². The average molecular weight is 454 g/mol. The van der Waals surface area contributed by atoms with Crippen LogP contribution in [0.15, 0.2) is 54.0 Å². The number of nitrogens with zero attached hydrogens (tertiary/aromatic N) is 2. The number of fused-ring (bicyclic) bond motifs is 1. The van der Waals surface area contributed by atoms with Gasteiger partial charge in [0.2, 0.25) is 5.91 Å². The van der Waals surface area contributed by atoms with E-state index in [-0.39, 0.29) is 11.9 Å². The van der Waals surface area contributed by atoms with Crippen LogP contribution in [0.3, 0.4) is 0 Å². The molecule has 0 bridgehead atoms. The van der Waals surface area contributed by atoms with Crippen molar-refractivity contribution in [2.24, 2.45) is 11.7 Å². The molecule has 3 aliphatic heterocycles. The largest absolute Gasteiger partial charge is 0.480 e. The molecule has 5 N–H and O–H groups in total. The van der Waals surface area contributed by atoms with E-state index in [1.807, 2.05) is 43.3 Å². The summed E-state index contributed by atoms with van der Waals surface area (Å²) in [5.74, 6) is -1.36. The Hall–Kier alpha value is -3.30. The summed E-state index contributed by atoms with van der Waals surface area (Å²) in [6, 6.07) is 6.94. The Morgan fingerprint density at radius 2 is 2.15 bits per heavy atom. The predicted molar refractivity (Wildman–Crippen MR) is 124 cm³/mol. The molecule has 1 saturated heterocycles. The van der Waals surface area contributed by atoms with Crippen LogP contribution >= 0.6 is 0 Å². The van der Waals surface area contributed by atoms with Gasteiger partial charge < -0.3 is 25.8 Å². The van der Waals surface area contributed by atoms with E-state index in [1.54, 1.807) is 6.08 Å². The Bertz CT molecular complexity index is 1030. The first-order valence-corrected chi connectivity index (χ1v) is 11.0. The van der Waals surface area contributed by atoms with E-state index in [9.17, 15) is 14.7 Å². The average Bonchev–Trinajstić information content (AvgIpc) is 2.81. The van der Waals surface area contributed by atoms with Gasteiger partial charge in [0.1, 0.15) is 6.04 Å². The van der Waals surface area contributed by atoms with Gasteiger partial charge in [-0.05, 0) is 41.7 Å². The minimum absolute atomic E-state index is 0.190. The highest BCUT2D eigenvalue weighted by atomic mass is 16.5. The smallest absolute Gasteiger partial charge is 0.327 e. The minimum Gasteiger partial charge on any atom is -0.480 e. The second-order valence-electron chi connectivity index (χ2n) is 8.68. The maximum absolute atomic E-state index is 13.1. The Morgan fingerprint density at radius 1 is 1.39 bits per heavy atom. The molecule has 4 rings (SSSR count). The predicted octanol–water partition coefficient (Wildman–Crippen LogP) is 1.01. The van der Waals surface area contributed by atoms with E-state index in [0.29, 0.717) is 18.8 Å². The lowest BCUT2D eigenvalue weighted by Gasteiger charge is -2.49. The molecule has 4 atom stereocenters. The normalized spacial score (nSPS) is 24.0. The van der Waals surface area contributed by atoms with Crippen LogP contribution in [0.1, 0.15) is 24.5 Å². The number of methoxy groups -OCH3 is 1. The number of ether oxygens (including phenoxy) is 1. The Kier molecular flexibility index (Phi) is 6.44. The Balaban J connectivity index is 1.48. The van der Waals surface area contributed by atoms with Gasteiger partial charge >= 0.3 is 5.97 Å². The number of rotatable bonds is 8. The standard InChI is InChI=1S/C24H31N5O4/c1-14(19-13-26-12-16-6-4-5-7-17(16)19)27-24(33-3)29-21(23(31)32)18(22(29)30)10-15-8-9-28(2)20(25)11-15/h4-8,11,13-14,18,21,24,26-27H,9-10,12,25H2,1-3H3,(H,31,32)/t14?,18-,21?,24?/m1/s1. The van der Waals surface area contributed by atoms with Crippen molar-refractivity contribution in [2.75, 3.05) is 20.7 Å². The molecular weight excluding hydrogens is 422 g/mol. The molecule has 3 heterocycles. The second-order valence-corrected chi connectivity index (χ2v) is 8.68. The van der Waals surface area contributed by atoms with E-state index in [1.165, 1.54) is 17.6 Å². The zero-order valence-electron chi connectivity index (χ0n) is 19.1. The summed E-state index contributed by atoms with van der Waals surface area (Å²) in [6.45, 7) is 3.35. The van der Waals surface area contributed by atoms with Gasteiger partial charge in [-0.1, -0.05) is 30.3 Å². The van der Waals surface area contributed by atoms with Gasteiger partial charge in [0.25, 0.3) is 0 Å². The van der Waals surface area contributed by atoms with Gasteiger partial charge in [0, 0.05) is 39.5 Å². The van der Waals surface area contributed by atoms with Gasteiger partial charge in [-0.15, -0.1) is 0 Å². The molecule has 3 unspecified atom stereocenters. The lowest BCUT2D eigenvalue weighted by molar-refractivity contribution is -0.194. The summed E-state index contributed by atoms with van der Waals surface area (Å²) in [5.41, 5.74) is 10.2. The third kappa shape index (κ3) is 4.34. The quantitative estimate of drug-likeness (QED) is 0.340. The zero-order valence-corrected chi connectivity index (χ0v) is 19.1. The third-order valence-electron chi connectivity index (χ3n) is 6.58. The molecule has 0 saturated carbocycles. The summed E-state index contributed by atoms with van der Waals surface area (Å²) in [5, 5.41) is 16.5. The topological polar surface area (TPSA) is 120 Å². The molecule has 0 spiro atoms. The molecule has 9 heteroatoms. The van der Waals surface area contributed by atoms with E-state index >= 15 is 0 Å². The fourth-order valence-electron chi connectivity index (χ4n) is 4.67. The minimum atomic E-state index is -1.05. The van der Waals surface area contributed by atoms with Gasteiger partial charge in [0.05, 0.1) is 11.7 Å². The number of carbonyl (C=O) groups is 2. The van der Waals surface area contributed by atoms with Gasteiger partial charge in [-0.2, -0.15) is 0 Å². The van der Waals surface area contributed by atoms with Crippen molar-refractivity contribution in [3.05, 3.63) is 65.1 Å². The van der Waals surface area contributed by atoms with Gasteiger partial charge in [0.15, 0.2) is 6.35 Å². The number of hydrogen-bond donors (Lipinski definition) is 4. The number of nitrogens with two attached hydrogens (primary N) is 1. The van der Waals surface area contributed by atoms with Crippen LogP contribution in [0.5, 0.6) is 0 Å². The molecule has 1 aromatic rings. The van der Waals surface area contributed by atoms with Crippen LogP contribution in [-0.4, -0.2) is 65.9 Å². The number of likely N-dealkylation sites (tertiary alicyclic amines) is 1. The first kappa shape index (κ1) is 22.9. The maximum Gasteiger partial charge on any atom is 0.327 e. The highest BCUT2D eigenvalue weighted by Gasteiger charge is 2.54. The molecule has 176 valence electrons. The number of benzene rings is 1. The van der Waals surface area contributed by atoms with Crippen LogP contribution in [0.4, 0.5) is 0 Å². The maximum atomic E-state index is 13.1. The van der Waals surface area contributed by atoms with Gasteiger partial charge in [-0.25, -0.2) is 4.79 Å². The fraction of sp³-hybridized carbons (Fsp3) is 0.417. The van der Waals surface area contributed by atoms with E-state index in [2.05, 4.69) is 22.8 Å². The molecule has 0 aromatic heterocycles. The summed E-state index contributed by atoms with van der Waals surface area (Å²) in [4.78, 5) is 28.4. The zero-order chi connectivity index (χ0) is 23.7. The SMILES string of the molecule is COC(NC(C)C1=CNCc2ccccc21)N1C(=O)[C@H](CC2=CCN(C)C(N)=C2)C1C(=O)O. The number of likely N-dealkylation sites (N-methyl/N-ethyl adjacent to an activating group) is 1. The highest BCUT2D eigenvalue weighted by Crippen LogP contribution is 2.35. The van der Waals surface area contributed by atoms with E-state index < -0.39 is 24.3 Å². The molecule has 0 aliphatic carbocycles. The van der Waals surface area contributed by atoms with Crippen LogP contribution in [0.25, 0.3) is 5.57 Å². The van der Waals surface area contributed by atoms with Crippen molar-refractivity contribution in [3.8, 4) is 0 Å². The highest BCUT2D eigenvalue weighted by molar-refractivity contribution is 5.97. The van der Waals surface area contributed by atoms with E-state index in [4.69, 9.17) is 10.5 Å². The number of hydrogen-bond acceptors (Lipinski definition) is 7. The number of β-lactam (4-membered cyclic amide) rings is 1. The van der Waals surface area contributed by atoms with Crippen molar-refractivity contribution >= 4 is 17.4 Å². The third-order valence-corrected chi connectivity index (χ3v) is 6.58. The Morgan fingerprint density at radius 3 is 2.85 bits per heavy atom. The van der Waals surface area contributed by atoms with Crippen LogP contribution in [-0.2, 0) is 20.9 Å². The summed E-state index contributed by atoms with van der Waals surface area (Å²) in [7, 11) is 3.34. The van der Waals surface area contributed by atoms with Gasteiger partial charge in [-0.3, -0.25) is 15.0 Å². The molecule has 3 aliphatic rings. The fourth-order valence-corrected chi connectivity index (χ4v) is 4.67. The van der Waals surface area contributed by atoms with Crippen molar-refractivity contribution in [3.63, 3.8) is 0 Å². The number of carboxylic acids is 1. The number of nitrogens with one attached hydrogen (secondary N) is 2. The second kappa shape index (κ2) is 9.29. The lowest BCUT2D eigenvalue weighted by atomic mass is 9.81. The number of carboxylic acid groups (broad SMARTS) is 1. The van der Waals surface area contributed by atoms with Crippen LogP contribution in [0.2, 0.25) is 0 Å². The van der Waals surface area contributed by atoms with Crippen molar-refractivity contribution in [1.29, 1.82) is 0 Å². The lowest BCUT2D eigenvalue weighted by Crippen LogP contribution is -2.71. The van der Waals surface area contributed by atoms with Crippen molar-refractivity contribution < 1.29 is 19.4 Å². The molecule has 1 amide bonds. The molecular formula is C24H31N5O4. The number of allylic oxidation sites excluding steroid dienone is 2. The number of aliphatic carboxylic acids is 1. The first-order valence-electron chi connectivity index (χ1n) is 11.0. The summed E-state index contributed by atoms with van der Waals surface area (Å²) >= 11 is 0. The summed E-state index contributed by atoms with van der Waals surface area (Å²) < 4.78 is 5.55. The molecule has 1 aromatic carbocycles. The van der Waals surface area contributed by atoms with Crippen LogP contribution in [0, 0.1) is 5.92 Å². The molecule has 1 fully saturated rings. The molecule has 0 radical (unpaired) electrons. The summed E-state index contributed by atoms with van der Waals surface area (Å²) in [6.07, 6.45) is 5.18. The Labute approximate surface area is 193 Å². The number of amides is 1. The monoisotopic (exact) mass is 453 g/mol. The van der Waals surface area contributed by atoms with Crippen LogP contribution < -0.4 is 16.4 Å². The van der Waals surface area contributed by atoms with E-state index in [0.717, 1.165) is 23.3 Å².